The number of carbonyl (C=O) groups is 3. The van der Waals surface area contributed by atoms with Crippen LogP contribution in [-0.4, -0.2) is 51.9 Å². The van der Waals surface area contributed by atoms with Crippen LogP contribution in [0.3, 0.4) is 0 Å². The van der Waals surface area contributed by atoms with Crippen molar-refractivity contribution < 1.29 is 19.1 Å². The van der Waals surface area contributed by atoms with Gasteiger partial charge in [0, 0.05) is 39.5 Å². The number of carbonyl (C=O) groups excluding carboxylic acids is 3. The van der Waals surface area contributed by atoms with Crippen LogP contribution in [0.1, 0.15) is 27.4 Å². The lowest BCUT2D eigenvalue weighted by Crippen LogP contribution is -2.28. The highest BCUT2D eigenvalue weighted by Gasteiger charge is 2.31. The molecule has 11 nitrogen and oxygen atoms in total. The third-order valence-electron chi connectivity index (χ3n) is 4.31. The summed E-state index contributed by atoms with van der Waals surface area (Å²) in [5, 5.41) is 15.3. The largest absolute Gasteiger partial charge is 0.388 e. The molecule has 0 bridgehead atoms. The third kappa shape index (κ3) is 5.02. The summed E-state index contributed by atoms with van der Waals surface area (Å²) in [7, 11) is 3.38. The second-order valence-corrected chi connectivity index (χ2v) is 6.75. The molecule has 0 spiro atoms. The summed E-state index contributed by atoms with van der Waals surface area (Å²) in [6.07, 6.45) is 3.10. The molecule has 0 saturated carbocycles. The Labute approximate surface area is 166 Å². The molecule has 11 heteroatoms. The van der Waals surface area contributed by atoms with Crippen molar-refractivity contribution in [1.29, 1.82) is 5.41 Å². The first kappa shape index (κ1) is 20.1. The van der Waals surface area contributed by atoms with E-state index in [1.165, 1.54) is 0 Å². The molecule has 3 amide bonds. The number of anilines is 2. The number of hydrogen-bond donors (Lipinski definition) is 5. The van der Waals surface area contributed by atoms with E-state index in [1.807, 2.05) is 0 Å². The van der Waals surface area contributed by atoms with Gasteiger partial charge in [0.2, 0.25) is 0 Å². The Bertz CT molecular complexity index is 971. The number of amidine groups is 1. The van der Waals surface area contributed by atoms with Crippen LogP contribution >= 0.6 is 0 Å². The number of nitrogens with one attached hydrogen (secondary N) is 4. The zero-order valence-corrected chi connectivity index (χ0v) is 16.1. The normalized spacial score (nSPS) is 14.9. The molecule has 3 heterocycles. The van der Waals surface area contributed by atoms with Crippen molar-refractivity contribution in [2.45, 2.75) is 12.5 Å². The lowest BCUT2D eigenvalue weighted by molar-refractivity contribution is -0.117. The molecule has 154 valence electrons. The number of ether oxygens (including phenoxy) is 1. The second kappa shape index (κ2) is 8.19. The van der Waals surface area contributed by atoms with Gasteiger partial charge in [-0.15, -0.1) is 0 Å². The van der Waals surface area contributed by atoms with Crippen molar-refractivity contribution in [3.05, 3.63) is 35.9 Å². The Morgan fingerprint density at radius 3 is 2.21 bits per heavy atom. The van der Waals surface area contributed by atoms with E-state index in [0.29, 0.717) is 29.4 Å². The summed E-state index contributed by atoms with van der Waals surface area (Å²) >= 11 is 0. The van der Waals surface area contributed by atoms with E-state index in [2.05, 4.69) is 16.0 Å². The van der Waals surface area contributed by atoms with Crippen molar-refractivity contribution in [3.8, 4) is 0 Å². The third-order valence-corrected chi connectivity index (χ3v) is 4.31. The minimum atomic E-state index is -0.420. The number of hydrogen-bond acceptors (Lipinski definition) is 5. The van der Waals surface area contributed by atoms with Crippen molar-refractivity contribution in [2.24, 2.45) is 19.8 Å². The fourth-order valence-corrected chi connectivity index (χ4v) is 2.74. The first-order chi connectivity index (χ1) is 13.7. The van der Waals surface area contributed by atoms with Crippen LogP contribution in [0.5, 0.6) is 0 Å². The van der Waals surface area contributed by atoms with Crippen molar-refractivity contribution in [3.63, 3.8) is 0 Å². The van der Waals surface area contributed by atoms with Crippen LogP contribution in [-0.2, 0) is 23.6 Å². The molecule has 29 heavy (non-hydrogen) atoms. The molecule has 0 aromatic carbocycles. The molecule has 3 rings (SSSR count). The lowest BCUT2D eigenvalue weighted by Gasteiger charge is -2.04. The minimum Gasteiger partial charge on any atom is -0.388 e. The van der Waals surface area contributed by atoms with E-state index in [0.717, 1.165) is 0 Å². The summed E-state index contributed by atoms with van der Waals surface area (Å²) in [6.45, 7) is 0.662. The maximum absolute atomic E-state index is 12.6. The Morgan fingerprint density at radius 2 is 1.66 bits per heavy atom. The molecule has 2 aromatic heterocycles. The van der Waals surface area contributed by atoms with Crippen LogP contribution in [0.15, 0.2) is 24.5 Å². The van der Waals surface area contributed by atoms with Crippen LogP contribution in [0, 0.1) is 5.41 Å². The number of epoxide rings is 1. The molecule has 2 aromatic rings. The summed E-state index contributed by atoms with van der Waals surface area (Å²) < 4.78 is 8.11. The van der Waals surface area contributed by atoms with Gasteiger partial charge in [-0.05, 0) is 12.1 Å². The monoisotopic (exact) mass is 401 g/mol. The summed E-state index contributed by atoms with van der Waals surface area (Å²) in [5.41, 5.74) is 6.91. The van der Waals surface area contributed by atoms with Crippen LogP contribution in [0.25, 0.3) is 0 Å². The maximum atomic E-state index is 12.6. The number of rotatable bonds is 8. The van der Waals surface area contributed by atoms with E-state index in [4.69, 9.17) is 15.9 Å². The predicted octanol–water partition coefficient (Wildman–Crippen LogP) is 0.00907. The quantitative estimate of drug-likeness (QED) is 0.239. The molecule has 1 aliphatic heterocycles. The van der Waals surface area contributed by atoms with E-state index in [1.54, 1.807) is 47.8 Å². The number of aryl methyl sites for hydroxylation is 2. The molecule has 0 radical (unpaired) electrons. The van der Waals surface area contributed by atoms with Crippen molar-refractivity contribution >= 4 is 34.9 Å². The highest BCUT2D eigenvalue weighted by molar-refractivity contribution is 6.05. The number of nitrogens with zero attached hydrogens (tertiary/aromatic N) is 2. The van der Waals surface area contributed by atoms with Crippen molar-refractivity contribution in [2.75, 3.05) is 23.8 Å². The van der Waals surface area contributed by atoms with Gasteiger partial charge in [0.1, 0.15) is 11.4 Å². The van der Waals surface area contributed by atoms with Gasteiger partial charge in [-0.25, -0.2) is 0 Å². The smallest absolute Gasteiger partial charge is 0.272 e. The average Bonchev–Trinajstić information content (AvgIpc) is 3.34. The van der Waals surface area contributed by atoms with Gasteiger partial charge in [-0.2, -0.15) is 0 Å². The van der Waals surface area contributed by atoms with Gasteiger partial charge in [0.05, 0.1) is 23.8 Å². The zero-order valence-electron chi connectivity index (χ0n) is 16.1. The van der Waals surface area contributed by atoms with Crippen LogP contribution in [0.2, 0.25) is 0 Å². The number of aromatic nitrogens is 2. The lowest BCUT2D eigenvalue weighted by atomic mass is 10.3. The highest BCUT2D eigenvalue weighted by atomic mass is 16.6. The summed E-state index contributed by atoms with van der Waals surface area (Å²) in [5.74, 6) is -0.968. The van der Waals surface area contributed by atoms with Gasteiger partial charge in [0.25, 0.3) is 17.7 Å². The van der Waals surface area contributed by atoms with E-state index >= 15 is 0 Å². The second-order valence-electron chi connectivity index (χ2n) is 6.75. The molecular weight excluding hydrogens is 378 g/mol. The van der Waals surface area contributed by atoms with Crippen LogP contribution in [0.4, 0.5) is 11.4 Å². The van der Waals surface area contributed by atoms with E-state index < -0.39 is 6.10 Å². The predicted molar refractivity (Wildman–Crippen MR) is 106 cm³/mol. The van der Waals surface area contributed by atoms with Crippen LogP contribution < -0.4 is 21.7 Å². The van der Waals surface area contributed by atoms with Gasteiger partial charge in [0.15, 0.2) is 6.10 Å². The molecule has 1 atom stereocenters. The van der Waals surface area contributed by atoms with Crippen molar-refractivity contribution in [1.82, 2.24) is 14.5 Å². The Morgan fingerprint density at radius 1 is 1.10 bits per heavy atom. The molecule has 1 unspecified atom stereocenters. The Kier molecular flexibility index (Phi) is 5.69. The molecule has 1 fully saturated rings. The Hall–Kier alpha value is -3.60. The summed E-state index contributed by atoms with van der Waals surface area (Å²) in [6, 6.07) is 3.12. The van der Waals surface area contributed by atoms with Gasteiger partial charge in [-0.1, -0.05) is 0 Å². The van der Waals surface area contributed by atoms with Gasteiger partial charge >= 0.3 is 0 Å². The molecule has 6 N–H and O–H groups in total. The molecule has 1 saturated heterocycles. The average molecular weight is 401 g/mol. The van der Waals surface area contributed by atoms with Gasteiger partial charge in [-0.3, -0.25) is 19.8 Å². The fourth-order valence-electron chi connectivity index (χ4n) is 2.74. The minimum absolute atomic E-state index is 0.00656. The maximum Gasteiger partial charge on any atom is 0.272 e. The molecule has 0 aliphatic carbocycles. The highest BCUT2D eigenvalue weighted by Crippen LogP contribution is 2.19. The first-order valence-corrected chi connectivity index (χ1v) is 8.92. The first-order valence-electron chi connectivity index (χ1n) is 8.92. The Balaban J connectivity index is 1.63. The zero-order chi connectivity index (χ0) is 21.1. The topological polar surface area (TPSA) is 160 Å². The fraction of sp³-hybridized carbons (Fsp3) is 0.333. The standard InChI is InChI=1S/C18H23N7O4/c1-24-7-10(5-12(24)16(26)21-4-3-15(19)20)22-17(27)13-6-11(8-25(13)2)23-18(28)14-9-29-14/h5-8,14H,3-4,9H2,1-2H3,(H3,19,20)(H,21,26)(H,22,27)(H,23,28). The SMILES string of the molecule is Cn1cc(NC(=O)c2cc(NC(=O)C3CO3)cn2C)cc1C(=O)NCCC(=N)N. The van der Waals surface area contributed by atoms with E-state index in [9.17, 15) is 14.4 Å². The van der Waals surface area contributed by atoms with E-state index in [-0.39, 0.29) is 36.5 Å². The molecule has 1 aliphatic rings. The number of amides is 3. The summed E-state index contributed by atoms with van der Waals surface area (Å²) in [4.78, 5) is 36.6. The number of nitrogens with two attached hydrogens (primary N) is 1. The molecular formula is C18H23N7O4. The van der Waals surface area contributed by atoms with Gasteiger partial charge < -0.3 is 35.6 Å².